The minimum atomic E-state index is -0.283. The van der Waals surface area contributed by atoms with E-state index in [0.29, 0.717) is 10.1 Å². The third kappa shape index (κ3) is 4.65. The van der Waals surface area contributed by atoms with Crippen molar-refractivity contribution in [2.75, 3.05) is 22.9 Å². The molecule has 8 heteroatoms. The summed E-state index contributed by atoms with van der Waals surface area (Å²) >= 11 is 12.8. The van der Waals surface area contributed by atoms with Crippen LogP contribution in [-0.4, -0.2) is 27.8 Å². The van der Waals surface area contributed by atoms with Crippen molar-refractivity contribution in [3.05, 3.63) is 107 Å². The molecule has 2 unspecified atom stereocenters. The predicted molar refractivity (Wildman–Crippen MR) is 156 cm³/mol. The van der Waals surface area contributed by atoms with E-state index in [1.807, 2.05) is 47.2 Å². The van der Waals surface area contributed by atoms with Gasteiger partial charge in [0.1, 0.15) is 11.9 Å². The van der Waals surface area contributed by atoms with Crippen molar-refractivity contribution in [1.29, 1.82) is 0 Å². The lowest BCUT2D eigenvalue weighted by Crippen LogP contribution is -2.33. The van der Waals surface area contributed by atoms with Crippen molar-refractivity contribution in [2.24, 2.45) is 5.92 Å². The van der Waals surface area contributed by atoms with Crippen molar-refractivity contribution < 1.29 is 4.39 Å². The molecule has 2 aromatic heterocycles. The van der Waals surface area contributed by atoms with Crippen LogP contribution in [0, 0.1) is 11.7 Å². The highest BCUT2D eigenvalue weighted by Gasteiger charge is 2.42. The van der Waals surface area contributed by atoms with Gasteiger partial charge in [0.05, 0.1) is 22.4 Å². The molecule has 0 aliphatic carbocycles. The average molecular weight is 546 g/mol. The van der Waals surface area contributed by atoms with Crippen LogP contribution in [0.1, 0.15) is 43.2 Å². The van der Waals surface area contributed by atoms with Gasteiger partial charge in [-0.15, -0.1) is 0 Å². The Hall–Kier alpha value is -3.42. The molecule has 0 radical (unpaired) electrons. The lowest BCUT2D eigenvalue weighted by atomic mass is 9.98. The zero-order valence-corrected chi connectivity index (χ0v) is 22.7. The zero-order chi connectivity index (χ0) is 26.2. The van der Waals surface area contributed by atoms with Gasteiger partial charge in [-0.3, -0.25) is 4.98 Å². The number of halogens is 2. The Balaban J connectivity index is 1.42. The summed E-state index contributed by atoms with van der Waals surface area (Å²) in [6.45, 7) is 4.33. The van der Waals surface area contributed by atoms with E-state index >= 15 is 0 Å². The molecule has 2 fully saturated rings. The number of rotatable bonds is 5. The molecule has 38 heavy (non-hydrogen) atoms. The standard InChI is InChI=1S/C30H29ClFN5S/c1-20-12-16-35(17-13-20)26-11-10-23(19-24(26)31)37-29(28(34-30(37)38)25-8-2-3-14-33-25)27-9-5-15-36(27)22-7-4-6-21(32)18-22/h2-11,14-15,18-20,28-29H,12-13,16-17H2,1H3,(H,34,38). The number of aromatic nitrogens is 2. The van der Waals surface area contributed by atoms with Gasteiger partial charge in [0.2, 0.25) is 0 Å². The quantitative estimate of drug-likeness (QED) is 0.271. The van der Waals surface area contributed by atoms with Crippen LogP contribution in [0.2, 0.25) is 5.02 Å². The average Bonchev–Trinajstić information content (AvgIpc) is 3.54. The predicted octanol–water partition coefficient (Wildman–Crippen LogP) is 7.08. The Morgan fingerprint density at radius 1 is 0.974 bits per heavy atom. The second kappa shape index (κ2) is 10.4. The molecule has 4 heterocycles. The topological polar surface area (TPSA) is 36.3 Å². The van der Waals surface area contributed by atoms with Gasteiger partial charge in [-0.05, 0) is 91.6 Å². The number of anilines is 2. The van der Waals surface area contributed by atoms with Crippen LogP contribution in [-0.2, 0) is 0 Å². The van der Waals surface area contributed by atoms with Gasteiger partial charge in [0, 0.05) is 42.6 Å². The molecule has 2 aliphatic rings. The molecule has 194 valence electrons. The van der Waals surface area contributed by atoms with Crippen molar-refractivity contribution >= 4 is 40.3 Å². The number of nitrogens with one attached hydrogen (secondary N) is 1. The van der Waals surface area contributed by atoms with Gasteiger partial charge in [0.25, 0.3) is 0 Å². The Bertz CT molecular complexity index is 1450. The first-order valence-corrected chi connectivity index (χ1v) is 13.8. The Morgan fingerprint density at radius 3 is 2.55 bits per heavy atom. The normalized spacial score (nSPS) is 20.1. The van der Waals surface area contributed by atoms with Crippen molar-refractivity contribution in [2.45, 2.75) is 31.8 Å². The minimum Gasteiger partial charge on any atom is -0.370 e. The highest BCUT2D eigenvalue weighted by Crippen LogP contribution is 2.44. The maximum atomic E-state index is 14.2. The molecule has 2 aliphatic heterocycles. The Morgan fingerprint density at radius 2 is 1.82 bits per heavy atom. The number of piperidine rings is 1. The molecular formula is C30H29ClFN5S. The first kappa shape index (κ1) is 24.9. The maximum Gasteiger partial charge on any atom is 0.174 e. The third-order valence-corrected chi connectivity index (χ3v) is 8.22. The van der Waals surface area contributed by atoms with Gasteiger partial charge in [0.15, 0.2) is 5.11 Å². The molecular weight excluding hydrogens is 517 g/mol. The smallest absolute Gasteiger partial charge is 0.174 e. The van der Waals surface area contributed by atoms with Crippen LogP contribution < -0.4 is 15.1 Å². The van der Waals surface area contributed by atoms with E-state index in [2.05, 4.69) is 45.2 Å². The summed E-state index contributed by atoms with van der Waals surface area (Å²) in [5.41, 5.74) is 4.54. The number of pyridine rings is 1. The van der Waals surface area contributed by atoms with Crippen LogP contribution in [0.5, 0.6) is 0 Å². The summed E-state index contributed by atoms with van der Waals surface area (Å²) in [6, 6.07) is 22.3. The Labute approximate surface area is 232 Å². The maximum absolute atomic E-state index is 14.2. The number of nitrogens with zero attached hydrogens (tertiary/aromatic N) is 4. The van der Waals surface area contributed by atoms with E-state index in [9.17, 15) is 4.39 Å². The van der Waals surface area contributed by atoms with Crippen LogP contribution in [0.25, 0.3) is 5.69 Å². The lowest BCUT2D eigenvalue weighted by molar-refractivity contribution is 0.438. The van der Waals surface area contributed by atoms with E-state index in [4.69, 9.17) is 23.8 Å². The van der Waals surface area contributed by atoms with E-state index in [1.54, 1.807) is 12.3 Å². The lowest BCUT2D eigenvalue weighted by Gasteiger charge is -2.33. The Kier molecular flexibility index (Phi) is 6.80. The van der Waals surface area contributed by atoms with Crippen LogP contribution in [0.15, 0.2) is 85.2 Å². The summed E-state index contributed by atoms with van der Waals surface area (Å²) in [6.07, 6.45) is 6.08. The van der Waals surface area contributed by atoms with Crippen molar-refractivity contribution in [3.8, 4) is 5.69 Å². The first-order valence-electron chi connectivity index (χ1n) is 13.0. The summed E-state index contributed by atoms with van der Waals surface area (Å²) in [5.74, 6) is 0.464. The van der Waals surface area contributed by atoms with Crippen LogP contribution >= 0.6 is 23.8 Å². The van der Waals surface area contributed by atoms with E-state index in [-0.39, 0.29) is 17.9 Å². The van der Waals surface area contributed by atoms with E-state index in [0.717, 1.165) is 47.5 Å². The number of thiocarbonyl (C=S) groups is 1. The first-order chi connectivity index (χ1) is 18.5. The largest absolute Gasteiger partial charge is 0.370 e. The molecule has 2 saturated heterocycles. The second-order valence-corrected chi connectivity index (χ2v) is 10.9. The van der Waals surface area contributed by atoms with Gasteiger partial charge in [-0.25, -0.2) is 4.39 Å². The summed E-state index contributed by atoms with van der Waals surface area (Å²) in [4.78, 5) is 9.12. The molecule has 0 amide bonds. The molecule has 6 rings (SSSR count). The number of hydrogen-bond donors (Lipinski definition) is 1. The molecule has 0 saturated carbocycles. The van der Waals surface area contributed by atoms with Gasteiger partial charge in [-0.2, -0.15) is 0 Å². The summed E-state index contributed by atoms with van der Waals surface area (Å²) in [7, 11) is 0. The fourth-order valence-corrected chi connectivity index (χ4v) is 6.22. The SMILES string of the molecule is CC1CCN(c2ccc(N3C(=S)NC(c4ccccn4)C3c3cccn3-c3cccc(F)c3)cc2Cl)CC1. The van der Waals surface area contributed by atoms with Crippen molar-refractivity contribution in [1.82, 2.24) is 14.9 Å². The van der Waals surface area contributed by atoms with Crippen LogP contribution in [0.4, 0.5) is 15.8 Å². The van der Waals surface area contributed by atoms with Crippen molar-refractivity contribution in [3.63, 3.8) is 0 Å². The van der Waals surface area contributed by atoms with Crippen LogP contribution in [0.3, 0.4) is 0 Å². The zero-order valence-electron chi connectivity index (χ0n) is 21.1. The highest BCUT2D eigenvalue weighted by molar-refractivity contribution is 7.80. The number of benzene rings is 2. The highest BCUT2D eigenvalue weighted by atomic mass is 35.5. The molecule has 0 spiro atoms. The fourth-order valence-electron chi connectivity index (χ4n) is 5.58. The monoisotopic (exact) mass is 545 g/mol. The van der Waals surface area contributed by atoms with E-state index < -0.39 is 0 Å². The molecule has 2 atom stereocenters. The summed E-state index contributed by atoms with van der Waals surface area (Å²) in [5, 5.41) is 4.80. The molecule has 0 bridgehead atoms. The minimum absolute atomic E-state index is 0.215. The second-order valence-electron chi connectivity index (χ2n) is 10.1. The van der Waals surface area contributed by atoms with E-state index in [1.165, 1.54) is 25.0 Å². The summed E-state index contributed by atoms with van der Waals surface area (Å²) < 4.78 is 16.2. The third-order valence-electron chi connectivity index (χ3n) is 7.60. The molecule has 4 aromatic rings. The van der Waals surface area contributed by atoms with Gasteiger partial charge in [-0.1, -0.05) is 30.7 Å². The number of hydrogen-bond acceptors (Lipinski definition) is 3. The van der Waals surface area contributed by atoms with Gasteiger partial charge >= 0.3 is 0 Å². The molecule has 2 aromatic carbocycles. The van der Waals surface area contributed by atoms with Gasteiger partial charge < -0.3 is 19.7 Å². The molecule has 1 N–H and O–H groups in total. The fraction of sp³-hybridized carbons (Fsp3) is 0.267. The molecule has 5 nitrogen and oxygen atoms in total.